The van der Waals surface area contributed by atoms with Gasteiger partial charge in [0, 0.05) is 30.2 Å². The third-order valence-corrected chi connectivity index (χ3v) is 5.32. The molecule has 0 unspecified atom stereocenters. The van der Waals surface area contributed by atoms with Gasteiger partial charge >= 0.3 is 5.97 Å². The summed E-state index contributed by atoms with van der Waals surface area (Å²) in [5.74, 6) is -0.286. The summed E-state index contributed by atoms with van der Waals surface area (Å²) in [4.78, 5) is 36.6. The van der Waals surface area contributed by atoms with Crippen molar-refractivity contribution < 1.29 is 23.9 Å². The van der Waals surface area contributed by atoms with Crippen molar-refractivity contribution in [1.29, 1.82) is 0 Å². The molecule has 6 heteroatoms. The lowest BCUT2D eigenvalue weighted by atomic mass is 9.88. The third-order valence-electron chi connectivity index (χ3n) is 5.32. The maximum atomic E-state index is 13.0. The Balaban J connectivity index is 1.42. The Morgan fingerprint density at radius 3 is 2.06 bits per heavy atom. The SMILES string of the molecule is CC(=O)NCCc1ccc(C(=O)COC(=O)C2c3ccccc3Oc3ccccc32)cc1. The number of benzene rings is 3. The van der Waals surface area contributed by atoms with Crippen LogP contribution < -0.4 is 10.1 Å². The minimum absolute atomic E-state index is 0.0756. The molecule has 3 aromatic rings. The minimum Gasteiger partial charge on any atom is -0.457 e. The molecule has 0 aromatic heterocycles. The molecule has 1 aliphatic rings. The van der Waals surface area contributed by atoms with Crippen LogP contribution in [-0.2, 0) is 20.7 Å². The Labute approximate surface area is 186 Å². The predicted octanol–water partition coefficient (Wildman–Crippen LogP) is 4.03. The van der Waals surface area contributed by atoms with E-state index in [1.54, 1.807) is 12.1 Å². The molecular weight excluding hydrogens is 406 g/mol. The van der Waals surface area contributed by atoms with Crippen molar-refractivity contribution in [2.45, 2.75) is 19.3 Å². The zero-order chi connectivity index (χ0) is 22.5. The fourth-order valence-corrected chi connectivity index (χ4v) is 3.71. The molecule has 0 radical (unpaired) electrons. The van der Waals surface area contributed by atoms with E-state index in [9.17, 15) is 14.4 Å². The maximum Gasteiger partial charge on any atom is 0.318 e. The van der Waals surface area contributed by atoms with Crippen LogP contribution in [0.2, 0.25) is 0 Å². The van der Waals surface area contributed by atoms with Gasteiger partial charge in [0.05, 0.1) is 0 Å². The third kappa shape index (κ3) is 4.70. The first kappa shape index (κ1) is 21.3. The zero-order valence-corrected chi connectivity index (χ0v) is 17.7. The Kier molecular flexibility index (Phi) is 6.31. The van der Waals surface area contributed by atoms with Gasteiger partial charge in [-0.15, -0.1) is 0 Å². The minimum atomic E-state index is -0.653. The fourth-order valence-electron chi connectivity index (χ4n) is 3.71. The molecular formula is C26H23NO5. The van der Waals surface area contributed by atoms with Gasteiger partial charge in [0.25, 0.3) is 0 Å². The number of carbonyl (C=O) groups is 3. The lowest BCUT2D eigenvalue weighted by Crippen LogP contribution is -2.23. The molecule has 0 aliphatic carbocycles. The number of Topliss-reactive ketones (excluding diaryl/α,β-unsaturated/α-hetero) is 1. The van der Waals surface area contributed by atoms with E-state index >= 15 is 0 Å². The van der Waals surface area contributed by atoms with Crippen molar-refractivity contribution in [2.75, 3.05) is 13.2 Å². The smallest absolute Gasteiger partial charge is 0.318 e. The monoisotopic (exact) mass is 429 g/mol. The van der Waals surface area contributed by atoms with E-state index in [0.717, 1.165) is 5.56 Å². The van der Waals surface area contributed by atoms with Crippen molar-refractivity contribution in [3.63, 3.8) is 0 Å². The highest BCUT2D eigenvalue weighted by Gasteiger charge is 2.33. The van der Waals surface area contributed by atoms with E-state index in [1.165, 1.54) is 6.92 Å². The maximum absolute atomic E-state index is 13.0. The lowest BCUT2D eigenvalue weighted by molar-refractivity contribution is -0.143. The van der Waals surface area contributed by atoms with Crippen LogP contribution in [0.15, 0.2) is 72.8 Å². The number of amides is 1. The highest BCUT2D eigenvalue weighted by atomic mass is 16.5. The van der Waals surface area contributed by atoms with Crippen LogP contribution in [0.1, 0.15) is 39.9 Å². The molecule has 6 nitrogen and oxygen atoms in total. The van der Waals surface area contributed by atoms with Gasteiger partial charge in [-0.05, 0) is 24.1 Å². The first-order chi connectivity index (χ1) is 15.5. The second-order valence-electron chi connectivity index (χ2n) is 7.57. The van der Waals surface area contributed by atoms with Crippen LogP contribution in [0.5, 0.6) is 11.5 Å². The van der Waals surface area contributed by atoms with E-state index in [4.69, 9.17) is 9.47 Å². The second kappa shape index (κ2) is 9.47. The molecule has 32 heavy (non-hydrogen) atoms. The average Bonchev–Trinajstić information content (AvgIpc) is 2.81. The number of hydrogen-bond acceptors (Lipinski definition) is 5. The molecule has 0 fully saturated rings. The van der Waals surface area contributed by atoms with E-state index in [0.29, 0.717) is 41.2 Å². The van der Waals surface area contributed by atoms with Crippen molar-refractivity contribution in [2.24, 2.45) is 0 Å². The van der Waals surface area contributed by atoms with Crippen LogP contribution in [0.25, 0.3) is 0 Å². The first-order valence-electron chi connectivity index (χ1n) is 10.4. The number of hydrogen-bond donors (Lipinski definition) is 1. The number of ether oxygens (including phenoxy) is 2. The van der Waals surface area contributed by atoms with Crippen molar-refractivity contribution >= 4 is 17.7 Å². The van der Waals surface area contributed by atoms with E-state index < -0.39 is 11.9 Å². The van der Waals surface area contributed by atoms with Crippen LogP contribution in [0.4, 0.5) is 0 Å². The Morgan fingerprint density at radius 2 is 1.47 bits per heavy atom. The number of fused-ring (bicyclic) bond motifs is 2. The zero-order valence-electron chi connectivity index (χ0n) is 17.7. The van der Waals surface area contributed by atoms with Gasteiger partial charge < -0.3 is 14.8 Å². The Hall–Kier alpha value is -3.93. The van der Waals surface area contributed by atoms with E-state index in [2.05, 4.69) is 5.32 Å². The normalized spacial score (nSPS) is 12.2. The summed E-state index contributed by atoms with van der Waals surface area (Å²) >= 11 is 0. The molecule has 0 saturated heterocycles. The summed E-state index contributed by atoms with van der Waals surface area (Å²) in [7, 11) is 0. The summed E-state index contributed by atoms with van der Waals surface area (Å²) in [6.07, 6.45) is 0.672. The molecule has 0 saturated carbocycles. The standard InChI is InChI=1S/C26H23NO5/c1-17(28)27-15-14-18-10-12-19(13-11-18)22(29)16-31-26(30)25-20-6-2-4-8-23(20)32-24-9-5-3-7-21(24)25/h2-13,25H,14-16H2,1H3,(H,27,28). The molecule has 0 bridgehead atoms. The van der Waals surface area contributed by atoms with E-state index in [1.807, 2.05) is 60.7 Å². The predicted molar refractivity (Wildman–Crippen MR) is 119 cm³/mol. The highest BCUT2D eigenvalue weighted by molar-refractivity contribution is 5.98. The highest BCUT2D eigenvalue weighted by Crippen LogP contribution is 2.44. The van der Waals surface area contributed by atoms with Gasteiger partial charge in [-0.1, -0.05) is 60.7 Å². The largest absolute Gasteiger partial charge is 0.457 e. The molecule has 3 aromatic carbocycles. The topological polar surface area (TPSA) is 81.7 Å². The lowest BCUT2D eigenvalue weighted by Gasteiger charge is -2.26. The van der Waals surface area contributed by atoms with Gasteiger partial charge in [-0.25, -0.2) is 0 Å². The molecule has 1 N–H and O–H groups in total. The Bertz CT molecular complexity index is 1110. The van der Waals surface area contributed by atoms with Crippen LogP contribution in [0.3, 0.4) is 0 Å². The van der Waals surface area contributed by atoms with Crippen molar-refractivity contribution in [1.82, 2.24) is 5.32 Å². The van der Waals surface area contributed by atoms with Gasteiger partial charge in [-0.2, -0.15) is 0 Å². The quantitative estimate of drug-likeness (QED) is 0.453. The van der Waals surface area contributed by atoms with Crippen molar-refractivity contribution in [3.8, 4) is 11.5 Å². The van der Waals surface area contributed by atoms with Gasteiger partial charge in [-0.3, -0.25) is 14.4 Å². The van der Waals surface area contributed by atoms with Gasteiger partial charge in [0.1, 0.15) is 17.4 Å². The van der Waals surface area contributed by atoms with Crippen LogP contribution in [0, 0.1) is 0 Å². The first-order valence-corrected chi connectivity index (χ1v) is 10.4. The second-order valence-corrected chi connectivity index (χ2v) is 7.57. The number of carbonyl (C=O) groups excluding carboxylic acids is 3. The number of para-hydroxylation sites is 2. The molecule has 0 spiro atoms. The number of ketones is 1. The van der Waals surface area contributed by atoms with Crippen LogP contribution >= 0.6 is 0 Å². The fraction of sp³-hybridized carbons (Fsp3) is 0.192. The summed E-state index contributed by atoms with van der Waals surface area (Å²) in [5, 5.41) is 2.74. The summed E-state index contributed by atoms with van der Waals surface area (Å²) in [6.45, 7) is 1.67. The van der Waals surface area contributed by atoms with Gasteiger partial charge in [0.15, 0.2) is 12.4 Å². The Morgan fingerprint density at radius 1 is 0.875 bits per heavy atom. The summed E-state index contributed by atoms with van der Waals surface area (Å²) in [5.41, 5.74) is 2.90. The number of nitrogens with one attached hydrogen (secondary N) is 1. The van der Waals surface area contributed by atoms with E-state index in [-0.39, 0.29) is 18.3 Å². The van der Waals surface area contributed by atoms with Crippen molar-refractivity contribution in [3.05, 3.63) is 95.1 Å². The summed E-state index contributed by atoms with van der Waals surface area (Å²) in [6, 6.07) is 21.7. The molecule has 1 heterocycles. The number of rotatable bonds is 7. The molecule has 162 valence electrons. The molecule has 1 aliphatic heterocycles. The number of esters is 1. The van der Waals surface area contributed by atoms with Gasteiger partial charge in [0.2, 0.25) is 5.91 Å². The van der Waals surface area contributed by atoms with Crippen LogP contribution in [-0.4, -0.2) is 30.8 Å². The average molecular weight is 429 g/mol. The molecule has 4 rings (SSSR count). The molecule has 0 atom stereocenters. The molecule has 1 amide bonds. The summed E-state index contributed by atoms with van der Waals surface area (Å²) < 4.78 is 11.3.